The highest BCUT2D eigenvalue weighted by Crippen LogP contribution is 2.36. The Morgan fingerprint density at radius 2 is 1.82 bits per heavy atom. The van der Waals surface area contributed by atoms with Crippen LogP contribution in [0.25, 0.3) is 10.9 Å². The molecule has 5 nitrogen and oxygen atoms in total. The molecule has 0 amide bonds. The third kappa shape index (κ3) is 3.42. The topological polar surface area (TPSA) is 62.4 Å². The van der Waals surface area contributed by atoms with Gasteiger partial charge >= 0.3 is 0 Å². The molecule has 0 saturated carbocycles. The molecule has 0 unspecified atom stereocenters. The summed E-state index contributed by atoms with van der Waals surface area (Å²) in [6.07, 6.45) is 4.59. The van der Waals surface area contributed by atoms with Crippen LogP contribution >= 0.6 is 0 Å². The van der Waals surface area contributed by atoms with Gasteiger partial charge in [0.25, 0.3) is 0 Å². The van der Waals surface area contributed by atoms with E-state index in [0.717, 1.165) is 41.5 Å². The Kier molecular flexibility index (Phi) is 5.17. The number of piperidine rings is 1. The minimum atomic E-state index is -3.43. The van der Waals surface area contributed by atoms with Crippen LogP contribution in [-0.4, -0.2) is 37.9 Å². The second-order valence-electron chi connectivity index (χ2n) is 7.33. The summed E-state index contributed by atoms with van der Waals surface area (Å²) in [5, 5.41) is 1.16. The van der Waals surface area contributed by atoms with Gasteiger partial charge < -0.3 is 9.72 Å². The first-order valence-corrected chi connectivity index (χ1v) is 11.2. The molecule has 0 atom stereocenters. The van der Waals surface area contributed by atoms with Crippen molar-refractivity contribution in [2.24, 2.45) is 0 Å². The third-order valence-electron chi connectivity index (χ3n) is 5.78. The van der Waals surface area contributed by atoms with E-state index in [9.17, 15) is 8.42 Å². The van der Waals surface area contributed by atoms with Crippen LogP contribution in [0.1, 0.15) is 36.8 Å². The molecule has 28 heavy (non-hydrogen) atoms. The zero-order valence-corrected chi connectivity index (χ0v) is 17.1. The van der Waals surface area contributed by atoms with Crippen molar-refractivity contribution in [3.63, 3.8) is 0 Å². The number of hydrogen-bond acceptors (Lipinski definition) is 3. The number of nitrogens with one attached hydrogen (secondary N) is 1. The van der Waals surface area contributed by atoms with E-state index in [0.29, 0.717) is 23.9 Å². The van der Waals surface area contributed by atoms with Crippen LogP contribution in [0.3, 0.4) is 0 Å². The minimum absolute atomic E-state index is 0.342. The molecule has 4 rings (SSSR count). The van der Waals surface area contributed by atoms with Crippen molar-refractivity contribution in [3.8, 4) is 5.75 Å². The summed E-state index contributed by atoms with van der Waals surface area (Å²) < 4.78 is 32.9. The Balaban J connectivity index is 1.51. The Morgan fingerprint density at radius 3 is 2.46 bits per heavy atom. The molecule has 6 heteroatoms. The summed E-state index contributed by atoms with van der Waals surface area (Å²) in [6.45, 7) is 3.15. The molecule has 1 fully saturated rings. The highest BCUT2D eigenvalue weighted by molar-refractivity contribution is 7.89. The maximum atomic E-state index is 13.0. The lowest BCUT2D eigenvalue weighted by Gasteiger charge is -2.31. The van der Waals surface area contributed by atoms with E-state index in [1.807, 2.05) is 24.3 Å². The second-order valence-corrected chi connectivity index (χ2v) is 9.27. The standard InChI is InChI=1S/C22H26N2O3S/c1-3-16-4-7-19(8-5-16)28(25,26)24-12-10-17(11-13-24)21-15-23-22-9-6-18(27-2)14-20(21)22/h4-9,14-15,17,23H,3,10-13H2,1-2H3. The van der Waals surface area contributed by atoms with Crippen LogP contribution in [0.4, 0.5) is 0 Å². The molecule has 1 aliphatic heterocycles. The van der Waals surface area contributed by atoms with E-state index in [1.165, 1.54) is 5.56 Å². The van der Waals surface area contributed by atoms with E-state index >= 15 is 0 Å². The summed E-state index contributed by atoms with van der Waals surface area (Å²) in [7, 11) is -1.76. The molecule has 1 N–H and O–H groups in total. The van der Waals surface area contributed by atoms with Crippen molar-refractivity contribution in [2.45, 2.75) is 37.0 Å². The lowest BCUT2D eigenvalue weighted by Crippen LogP contribution is -2.37. The molecule has 0 spiro atoms. The number of sulfonamides is 1. The van der Waals surface area contributed by atoms with E-state index in [-0.39, 0.29) is 0 Å². The Bertz CT molecular complexity index is 1060. The van der Waals surface area contributed by atoms with Gasteiger partial charge in [-0.2, -0.15) is 4.31 Å². The normalized spacial score (nSPS) is 16.5. The first kappa shape index (κ1) is 19.0. The van der Waals surface area contributed by atoms with Crippen molar-refractivity contribution >= 4 is 20.9 Å². The predicted octanol–water partition coefficient (Wildman–Crippen LogP) is 4.31. The molecule has 1 aliphatic rings. The summed E-state index contributed by atoms with van der Waals surface area (Å²) in [4.78, 5) is 3.72. The number of aryl methyl sites for hydroxylation is 1. The van der Waals surface area contributed by atoms with Crippen molar-refractivity contribution in [1.82, 2.24) is 9.29 Å². The molecular weight excluding hydrogens is 372 g/mol. The fraction of sp³-hybridized carbons (Fsp3) is 0.364. The highest BCUT2D eigenvalue weighted by Gasteiger charge is 2.30. The maximum absolute atomic E-state index is 13.0. The number of nitrogens with zero attached hydrogens (tertiary/aromatic N) is 1. The third-order valence-corrected chi connectivity index (χ3v) is 7.70. The number of methoxy groups -OCH3 is 1. The van der Waals surface area contributed by atoms with Crippen LogP contribution in [0.5, 0.6) is 5.75 Å². The van der Waals surface area contributed by atoms with E-state index < -0.39 is 10.0 Å². The van der Waals surface area contributed by atoms with Crippen molar-refractivity contribution < 1.29 is 13.2 Å². The van der Waals surface area contributed by atoms with Gasteiger partial charge in [-0.25, -0.2) is 8.42 Å². The number of aromatic nitrogens is 1. The molecule has 2 heterocycles. The Morgan fingerprint density at radius 1 is 1.11 bits per heavy atom. The number of benzene rings is 2. The summed E-state index contributed by atoms with van der Waals surface area (Å²) >= 11 is 0. The number of ether oxygens (including phenoxy) is 1. The summed E-state index contributed by atoms with van der Waals surface area (Å²) in [5.41, 5.74) is 3.48. The highest BCUT2D eigenvalue weighted by atomic mass is 32.2. The molecule has 148 valence electrons. The van der Waals surface area contributed by atoms with Crippen LogP contribution in [0.15, 0.2) is 53.6 Å². The summed E-state index contributed by atoms with van der Waals surface area (Å²) in [5.74, 6) is 1.18. The smallest absolute Gasteiger partial charge is 0.243 e. The van der Waals surface area contributed by atoms with Crippen molar-refractivity contribution in [2.75, 3.05) is 20.2 Å². The molecular formula is C22H26N2O3S. The fourth-order valence-corrected chi connectivity index (χ4v) is 5.51. The van der Waals surface area contributed by atoms with Gasteiger partial charge in [-0.1, -0.05) is 19.1 Å². The predicted molar refractivity (Wildman–Crippen MR) is 111 cm³/mol. The second kappa shape index (κ2) is 7.60. The minimum Gasteiger partial charge on any atom is -0.497 e. The van der Waals surface area contributed by atoms with Crippen LogP contribution in [-0.2, 0) is 16.4 Å². The van der Waals surface area contributed by atoms with E-state index in [4.69, 9.17) is 4.74 Å². The fourth-order valence-electron chi connectivity index (χ4n) is 4.04. The number of H-pyrrole nitrogens is 1. The number of hydrogen-bond donors (Lipinski definition) is 1. The van der Waals surface area contributed by atoms with Crippen molar-refractivity contribution in [3.05, 3.63) is 59.8 Å². The van der Waals surface area contributed by atoms with Crippen LogP contribution < -0.4 is 4.74 Å². The molecule has 0 aliphatic carbocycles. The van der Waals surface area contributed by atoms with Gasteiger partial charge in [0, 0.05) is 30.2 Å². The average Bonchev–Trinajstić information content (AvgIpc) is 3.17. The van der Waals surface area contributed by atoms with Gasteiger partial charge in [0.2, 0.25) is 10.0 Å². The summed E-state index contributed by atoms with van der Waals surface area (Å²) in [6, 6.07) is 13.3. The largest absolute Gasteiger partial charge is 0.497 e. The quantitative estimate of drug-likeness (QED) is 0.697. The Labute approximate surface area is 166 Å². The number of aromatic amines is 1. The van der Waals surface area contributed by atoms with Crippen molar-refractivity contribution in [1.29, 1.82) is 0 Å². The van der Waals surface area contributed by atoms with Gasteiger partial charge in [-0.05, 0) is 66.6 Å². The first-order valence-electron chi connectivity index (χ1n) is 9.77. The van der Waals surface area contributed by atoms with Crippen LogP contribution in [0, 0.1) is 0 Å². The van der Waals surface area contributed by atoms with Gasteiger partial charge in [0.05, 0.1) is 12.0 Å². The first-order chi connectivity index (χ1) is 13.5. The maximum Gasteiger partial charge on any atom is 0.243 e. The monoisotopic (exact) mass is 398 g/mol. The number of rotatable bonds is 5. The lowest BCUT2D eigenvalue weighted by molar-refractivity contribution is 0.320. The van der Waals surface area contributed by atoms with E-state index in [2.05, 4.69) is 24.2 Å². The lowest BCUT2D eigenvalue weighted by atomic mass is 9.90. The molecule has 1 aromatic heterocycles. The molecule has 0 bridgehead atoms. The zero-order chi connectivity index (χ0) is 19.7. The van der Waals surface area contributed by atoms with Gasteiger partial charge in [-0.15, -0.1) is 0 Å². The zero-order valence-electron chi connectivity index (χ0n) is 16.3. The van der Waals surface area contributed by atoms with Gasteiger partial charge in [0.15, 0.2) is 0 Å². The average molecular weight is 399 g/mol. The van der Waals surface area contributed by atoms with E-state index in [1.54, 1.807) is 23.5 Å². The SMILES string of the molecule is CCc1ccc(S(=O)(=O)N2CCC(c3c[nH]c4ccc(OC)cc34)CC2)cc1. The Hall–Kier alpha value is -2.31. The number of fused-ring (bicyclic) bond motifs is 1. The van der Waals surface area contributed by atoms with Crippen LogP contribution in [0.2, 0.25) is 0 Å². The van der Waals surface area contributed by atoms with Gasteiger partial charge in [0.1, 0.15) is 5.75 Å². The molecule has 2 aromatic carbocycles. The molecule has 0 radical (unpaired) electrons. The molecule has 1 saturated heterocycles. The molecule has 3 aromatic rings. The van der Waals surface area contributed by atoms with Gasteiger partial charge in [-0.3, -0.25) is 0 Å².